The van der Waals surface area contributed by atoms with Gasteiger partial charge >= 0.3 is 11.9 Å². The van der Waals surface area contributed by atoms with E-state index in [1.807, 2.05) is 0 Å². The highest BCUT2D eigenvalue weighted by Gasteiger charge is 2.35. The van der Waals surface area contributed by atoms with Crippen LogP contribution >= 0.6 is 0 Å². The first-order chi connectivity index (χ1) is 9.74. The number of methoxy groups -OCH3 is 1. The lowest BCUT2D eigenvalue weighted by molar-refractivity contribution is -0.158. The van der Waals surface area contributed by atoms with Crippen LogP contribution in [0.15, 0.2) is 11.0 Å². The molecular weight excluding hydrogens is 276 g/mol. The third-order valence-electron chi connectivity index (χ3n) is 3.11. The van der Waals surface area contributed by atoms with Crippen molar-refractivity contribution in [3.05, 3.63) is 27.9 Å². The van der Waals surface area contributed by atoms with Gasteiger partial charge in [0.05, 0.1) is 7.11 Å². The highest BCUT2D eigenvalue weighted by molar-refractivity contribution is 5.88. The SMILES string of the molecule is COC(=O)c1cnc2n(c1=O)[C@H](C(=O)OC(C)(C)C)CC2. The number of ether oxygens (including phenoxy) is 2. The molecule has 1 aromatic heterocycles. The smallest absolute Gasteiger partial charge is 0.345 e. The summed E-state index contributed by atoms with van der Waals surface area (Å²) >= 11 is 0. The number of carbonyl (C=O) groups is 2. The molecule has 0 aliphatic carbocycles. The van der Waals surface area contributed by atoms with Gasteiger partial charge in [-0.05, 0) is 27.2 Å². The van der Waals surface area contributed by atoms with E-state index in [1.165, 1.54) is 17.9 Å². The Labute approximate surface area is 121 Å². The summed E-state index contributed by atoms with van der Waals surface area (Å²) in [6.07, 6.45) is 2.11. The van der Waals surface area contributed by atoms with Crippen LogP contribution in [-0.4, -0.2) is 34.2 Å². The monoisotopic (exact) mass is 294 g/mol. The largest absolute Gasteiger partial charge is 0.465 e. The van der Waals surface area contributed by atoms with Crippen molar-refractivity contribution in [2.75, 3.05) is 7.11 Å². The van der Waals surface area contributed by atoms with Gasteiger partial charge in [0.15, 0.2) is 0 Å². The topological polar surface area (TPSA) is 87.5 Å². The number of nitrogens with zero attached hydrogens (tertiary/aromatic N) is 2. The lowest BCUT2D eigenvalue weighted by Gasteiger charge is -2.23. The predicted molar refractivity (Wildman–Crippen MR) is 73.0 cm³/mol. The van der Waals surface area contributed by atoms with Crippen LogP contribution in [0.3, 0.4) is 0 Å². The zero-order valence-electron chi connectivity index (χ0n) is 12.5. The molecule has 1 aliphatic rings. The summed E-state index contributed by atoms with van der Waals surface area (Å²) in [7, 11) is 1.19. The molecular formula is C14H18N2O5. The molecule has 0 saturated carbocycles. The molecule has 1 aromatic rings. The van der Waals surface area contributed by atoms with Crippen molar-refractivity contribution in [2.24, 2.45) is 0 Å². The summed E-state index contributed by atoms with van der Waals surface area (Å²) in [5, 5.41) is 0. The average molecular weight is 294 g/mol. The Bertz CT molecular complexity index is 642. The lowest BCUT2D eigenvalue weighted by Crippen LogP contribution is -2.35. The standard InChI is InChI=1S/C14H18N2O5/c1-14(2,3)21-13(19)9-5-6-10-15-7-8(12(18)20-4)11(17)16(9)10/h7,9H,5-6H2,1-4H3/t9-/m0/s1. The maximum absolute atomic E-state index is 12.4. The number of fused-ring (bicyclic) bond motifs is 1. The lowest BCUT2D eigenvalue weighted by atomic mass is 10.1. The molecule has 0 amide bonds. The third kappa shape index (κ3) is 2.96. The maximum Gasteiger partial charge on any atom is 0.345 e. The molecule has 0 unspecified atom stereocenters. The van der Waals surface area contributed by atoms with Crippen molar-refractivity contribution in [1.29, 1.82) is 0 Å². The molecule has 0 N–H and O–H groups in total. The minimum Gasteiger partial charge on any atom is -0.465 e. The van der Waals surface area contributed by atoms with E-state index in [0.717, 1.165) is 0 Å². The van der Waals surface area contributed by atoms with Gasteiger partial charge in [0.25, 0.3) is 5.56 Å². The molecule has 0 aromatic carbocycles. The van der Waals surface area contributed by atoms with Crippen molar-refractivity contribution >= 4 is 11.9 Å². The second kappa shape index (κ2) is 5.31. The molecule has 0 radical (unpaired) electrons. The average Bonchev–Trinajstić information content (AvgIpc) is 2.81. The van der Waals surface area contributed by atoms with E-state index in [-0.39, 0.29) is 5.56 Å². The van der Waals surface area contributed by atoms with E-state index < -0.39 is 29.1 Å². The van der Waals surface area contributed by atoms with Gasteiger partial charge in [0.1, 0.15) is 23.0 Å². The number of hydrogen-bond acceptors (Lipinski definition) is 6. The molecule has 7 nitrogen and oxygen atoms in total. The van der Waals surface area contributed by atoms with Crippen LogP contribution in [0, 0.1) is 0 Å². The Morgan fingerprint density at radius 3 is 2.62 bits per heavy atom. The zero-order valence-corrected chi connectivity index (χ0v) is 12.5. The normalized spacial score (nSPS) is 17.2. The Morgan fingerprint density at radius 2 is 2.05 bits per heavy atom. The van der Waals surface area contributed by atoms with Crippen molar-refractivity contribution in [1.82, 2.24) is 9.55 Å². The van der Waals surface area contributed by atoms with Crippen LogP contribution in [0.1, 0.15) is 49.4 Å². The van der Waals surface area contributed by atoms with Gasteiger partial charge in [-0.15, -0.1) is 0 Å². The number of hydrogen-bond donors (Lipinski definition) is 0. The fraction of sp³-hybridized carbons (Fsp3) is 0.571. The molecule has 21 heavy (non-hydrogen) atoms. The summed E-state index contributed by atoms with van der Waals surface area (Å²) in [5.74, 6) is -0.784. The summed E-state index contributed by atoms with van der Waals surface area (Å²) in [4.78, 5) is 40.2. The number of carbonyl (C=O) groups excluding carboxylic acids is 2. The first-order valence-corrected chi connectivity index (χ1v) is 6.66. The highest BCUT2D eigenvalue weighted by Crippen LogP contribution is 2.25. The molecule has 1 aliphatic heterocycles. The first-order valence-electron chi connectivity index (χ1n) is 6.66. The molecule has 1 atom stereocenters. The Morgan fingerprint density at radius 1 is 1.38 bits per heavy atom. The molecule has 7 heteroatoms. The van der Waals surface area contributed by atoms with Crippen molar-refractivity contribution in [3.8, 4) is 0 Å². The van der Waals surface area contributed by atoms with Crippen LogP contribution in [0.4, 0.5) is 0 Å². The Hall–Kier alpha value is -2.18. The van der Waals surface area contributed by atoms with Crippen LogP contribution in [0.2, 0.25) is 0 Å². The third-order valence-corrected chi connectivity index (χ3v) is 3.11. The van der Waals surface area contributed by atoms with Gasteiger partial charge in [-0.1, -0.05) is 0 Å². The van der Waals surface area contributed by atoms with Crippen LogP contribution in [0.25, 0.3) is 0 Å². The Kier molecular flexibility index (Phi) is 3.85. The van der Waals surface area contributed by atoms with E-state index in [2.05, 4.69) is 9.72 Å². The molecule has 0 fully saturated rings. The molecule has 2 rings (SSSR count). The molecule has 0 saturated heterocycles. The molecule has 0 bridgehead atoms. The van der Waals surface area contributed by atoms with E-state index in [9.17, 15) is 14.4 Å². The fourth-order valence-corrected chi connectivity index (χ4v) is 2.25. The number of aromatic nitrogens is 2. The summed E-state index contributed by atoms with van der Waals surface area (Å²) < 4.78 is 11.1. The number of rotatable bonds is 2. The van der Waals surface area contributed by atoms with Gasteiger partial charge in [-0.3, -0.25) is 9.36 Å². The van der Waals surface area contributed by atoms with Gasteiger partial charge in [0, 0.05) is 12.6 Å². The highest BCUT2D eigenvalue weighted by atomic mass is 16.6. The Balaban J connectivity index is 2.41. The van der Waals surface area contributed by atoms with Gasteiger partial charge in [0.2, 0.25) is 0 Å². The quantitative estimate of drug-likeness (QED) is 0.752. The van der Waals surface area contributed by atoms with E-state index >= 15 is 0 Å². The first kappa shape index (κ1) is 15.2. The van der Waals surface area contributed by atoms with Crippen LogP contribution in [-0.2, 0) is 20.7 Å². The van der Waals surface area contributed by atoms with E-state index in [4.69, 9.17) is 4.74 Å². The molecule has 2 heterocycles. The minimum absolute atomic E-state index is 0.184. The fourth-order valence-electron chi connectivity index (χ4n) is 2.25. The van der Waals surface area contributed by atoms with E-state index in [0.29, 0.717) is 18.7 Å². The van der Waals surface area contributed by atoms with Gasteiger partial charge < -0.3 is 9.47 Å². The molecule has 0 spiro atoms. The van der Waals surface area contributed by atoms with Gasteiger partial charge in [-0.25, -0.2) is 14.6 Å². The van der Waals surface area contributed by atoms with Crippen molar-refractivity contribution in [3.63, 3.8) is 0 Å². The molecule has 114 valence electrons. The van der Waals surface area contributed by atoms with Crippen LogP contribution in [0.5, 0.6) is 0 Å². The minimum atomic E-state index is -0.766. The summed E-state index contributed by atoms with van der Waals surface area (Å²) in [5.41, 5.74) is -1.39. The van der Waals surface area contributed by atoms with Gasteiger partial charge in [-0.2, -0.15) is 0 Å². The van der Waals surface area contributed by atoms with Crippen LogP contribution < -0.4 is 5.56 Å². The second-order valence-corrected chi connectivity index (χ2v) is 5.84. The number of esters is 2. The summed E-state index contributed by atoms with van der Waals surface area (Å²) in [6.45, 7) is 5.27. The summed E-state index contributed by atoms with van der Waals surface area (Å²) in [6, 6.07) is -0.746. The van der Waals surface area contributed by atoms with Crippen molar-refractivity contribution < 1.29 is 19.1 Å². The number of aryl methyl sites for hydroxylation is 1. The predicted octanol–water partition coefficient (Wildman–Crippen LogP) is 0.859. The van der Waals surface area contributed by atoms with Crippen molar-refractivity contribution in [2.45, 2.75) is 45.3 Å². The van der Waals surface area contributed by atoms with E-state index in [1.54, 1.807) is 20.8 Å². The second-order valence-electron chi connectivity index (χ2n) is 5.84. The zero-order chi connectivity index (χ0) is 15.8. The maximum atomic E-state index is 12.4.